The maximum atomic E-state index is 12.9. The van der Waals surface area contributed by atoms with Gasteiger partial charge >= 0.3 is 0 Å². The fourth-order valence-electron chi connectivity index (χ4n) is 3.34. The molecule has 28 heavy (non-hydrogen) atoms. The first-order valence-corrected chi connectivity index (χ1v) is 9.36. The number of carbonyl (C=O) groups is 2. The van der Waals surface area contributed by atoms with Crippen molar-refractivity contribution in [1.29, 1.82) is 0 Å². The first kappa shape index (κ1) is 19.7. The van der Waals surface area contributed by atoms with Crippen molar-refractivity contribution < 1.29 is 14.3 Å². The number of rotatable bonds is 5. The predicted octanol–water partition coefficient (Wildman–Crippen LogP) is 2.10. The summed E-state index contributed by atoms with van der Waals surface area (Å²) in [4.78, 5) is 35.0. The van der Waals surface area contributed by atoms with Crippen LogP contribution >= 0.6 is 0 Å². The van der Waals surface area contributed by atoms with Gasteiger partial charge in [-0.25, -0.2) is 4.98 Å². The molecule has 0 atom stereocenters. The standard InChI is InChI=1S/C21H26N4O3/c1-16-7-8-19(28-3)18(14-16)25(17(2)26)15-21(27)24-12-10-23(11-13-24)20-6-4-5-9-22-20/h4-9,14H,10-13,15H2,1-3H3. The average molecular weight is 382 g/mol. The molecule has 2 heterocycles. The molecule has 1 aliphatic rings. The lowest BCUT2D eigenvalue weighted by Crippen LogP contribution is -2.52. The summed E-state index contributed by atoms with van der Waals surface area (Å²) in [6, 6.07) is 11.4. The number of benzene rings is 1. The monoisotopic (exact) mass is 382 g/mol. The van der Waals surface area contributed by atoms with E-state index in [2.05, 4.69) is 9.88 Å². The minimum atomic E-state index is -0.190. The number of pyridine rings is 1. The fourth-order valence-corrected chi connectivity index (χ4v) is 3.34. The molecule has 0 bridgehead atoms. The molecule has 7 heteroatoms. The minimum absolute atomic E-state index is 0.00126. The van der Waals surface area contributed by atoms with Crippen molar-refractivity contribution >= 4 is 23.3 Å². The first-order chi connectivity index (χ1) is 13.5. The Labute approximate surface area is 165 Å². The lowest BCUT2D eigenvalue weighted by Gasteiger charge is -2.36. The van der Waals surface area contributed by atoms with Gasteiger partial charge in [-0.2, -0.15) is 0 Å². The molecule has 1 saturated heterocycles. The number of methoxy groups -OCH3 is 1. The number of nitrogens with zero attached hydrogens (tertiary/aromatic N) is 4. The molecule has 0 unspecified atom stereocenters. The molecule has 2 aromatic rings. The van der Waals surface area contributed by atoms with Crippen LogP contribution in [0.3, 0.4) is 0 Å². The first-order valence-electron chi connectivity index (χ1n) is 9.36. The molecule has 0 radical (unpaired) electrons. The Morgan fingerprint density at radius 3 is 2.50 bits per heavy atom. The largest absolute Gasteiger partial charge is 0.495 e. The van der Waals surface area contributed by atoms with Gasteiger partial charge in [0.25, 0.3) is 0 Å². The number of hydrogen-bond acceptors (Lipinski definition) is 5. The predicted molar refractivity (Wildman–Crippen MR) is 109 cm³/mol. The van der Waals surface area contributed by atoms with Crippen molar-refractivity contribution in [3.63, 3.8) is 0 Å². The van der Waals surface area contributed by atoms with Gasteiger partial charge in [-0.05, 0) is 36.8 Å². The molecular weight excluding hydrogens is 356 g/mol. The number of anilines is 2. The van der Waals surface area contributed by atoms with E-state index in [9.17, 15) is 9.59 Å². The molecule has 1 aromatic heterocycles. The highest BCUT2D eigenvalue weighted by molar-refractivity contribution is 5.98. The maximum Gasteiger partial charge on any atom is 0.242 e. The van der Waals surface area contributed by atoms with E-state index in [0.717, 1.165) is 24.5 Å². The molecule has 0 N–H and O–H groups in total. The summed E-state index contributed by atoms with van der Waals surface area (Å²) < 4.78 is 5.39. The molecule has 3 rings (SSSR count). The second-order valence-corrected chi connectivity index (χ2v) is 6.84. The summed E-state index contributed by atoms with van der Waals surface area (Å²) in [7, 11) is 1.56. The third-order valence-corrected chi connectivity index (χ3v) is 4.90. The molecule has 2 amide bonds. The molecule has 1 aliphatic heterocycles. The molecular formula is C21H26N4O3. The number of piperazine rings is 1. The molecule has 1 fully saturated rings. The summed E-state index contributed by atoms with van der Waals surface area (Å²) in [5.74, 6) is 1.24. The SMILES string of the molecule is COc1ccc(C)cc1N(CC(=O)N1CCN(c2ccccn2)CC1)C(C)=O. The Morgan fingerprint density at radius 1 is 1.14 bits per heavy atom. The molecule has 1 aromatic carbocycles. The maximum absolute atomic E-state index is 12.9. The van der Waals surface area contributed by atoms with Gasteiger partial charge in [0.2, 0.25) is 11.8 Å². The Balaban J connectivity index is 1.67. The summed E-state index contributed by atoms with van der Waals surface area (Å²) in [6.45, 7) is 6.05. The van der Waals surface area contributed by atoms with Crippen LogP contribution in [-0.4, -0.2) is 61.5 Å². The van der Waals surface area contributed by atoms with Gasteiger partial charge in [0.15, 0.2) is 0 Å². The van der Waals surface area contributed by atoms with E-state index >= 15 is 0 Å². The number of hydrogen-bond donors (Lipinski definition) is 0. The number of carbonyl (C=O) groups excluding carboxylic acids is 2. The Morgan fingerprint density at radius 2 is 1.89 bits per heavy atom. The van der Waals surface area contributed by atoms with Gasteiger partial charge in [-0.1, -0.05) is 12.1 Å². The van der Waals surface area contributed by atoms with Crippen LogP contribution < -0.4 is 14.5 Å². The van der Waals surface area contributed by atoms with E-state index in [0.29, 0.717) is 24.5 Å². The molecule has 148 valence electrons. The zero-order valence-corrected chi connectivity index (χ0v) is 16.6. The third kappa shape index (κ3) is 4.42. The van der Waals surface area contributed by atoms with E-state index in [1.165, 1.54) is 11.8 Å². The Bertz CT molecular complexity index is 833. The van der Waals surface area contributed by atoms with Crippen LogP contribution in [-0.2, 0) is 9.59 Å². The van der Waals surface area contributed by atoms with Crippen LogP contribution in [0, 0.1) is 6.92 Å². The van der Waals surface area contributed by atoms with Crippen LogP contribution in [0.4, 0.5) is 11.5 Å². The normalized spacial score (nSPS) is 14.0. The van der Waals surface area contributed by atoms with Crippen LogP contribution in [0.5, 0.6) is 5.75 Å². The summed E-state index contributed by atoms with van der Waals surface area (Å²) in [5.41, 5.74) is 1.62. The highest BCUT2D eigenvalue weighted by atomic mass is 16.5. The highest BCUT2D eigenvalue weighted by Gasteiger charge is 2.26. The van der Waals surface area contributed by atoms with Gasteiger partial charge in [0, 0.05) is 39.3 Å². The highest BCUT2D eigenvalue weighted by Crippen LogP contribution is 2.29. The topological polar surface area (TPSA) is 66.0 Å². The lowest BCUT2D eigenvalue weighted by molar-refractivity contribution is -0.131. The minimum Gasteiger partial charge on any atom is -0.495 e. The third-order valence-electron chi connectivity index (χ3n) is 4.90. The van der Waals surface area contributed by atoms with Crippen molar-refractivity contribution in [2.75, 3.05) is 49.6 Å². The summed E-state index contributed by atoms with van der Waals surface area (Å²) >= 11 is 0. The van der Waals surface area contributed by atoms with E-state index in [1.807, 2.05) is 43.3 Å². The van der Waals surface area contributed by atoms with Crippen molar-refractivity contribution in [3.05, 3.63) is 48.2 Å². The van der Waals surface area contributed by atoms with Crippen molar-refractivity contribution in [2.45, 2.75) is 13.8 Å². The molecule has 0 saturated carbocycles. The van der Waals surface area contributed by atoms with E-state index < -0.39 is 0 Å². The van der Waals surface area contributed by atoms with Gasteiger partial charge in [-0.3, -0.25) is 14.5 Å². The zero-order chi connectivity index (χ0) is 20.1. The van der Waals surface area contributed by atoms with Crippen LogP contribution in [0.15, 0.2) is 42.6 Å². The van der Waals surface area contributed by atoms with E-state index in [1.54, 1.807) is 18.2 Å². The molecule has 7 nitrogen and oxygen atoms in total. The second kappa shape index (κ2) is 8.73. The smallest absolute Gasteiger partial charge is 0.242 e. The lowest BCUT2D eigenvalue weighted by atomic mass is 10.2. The number of ether oxygens (including phenoxy) is 1. The number of aryl methyl sites for hydroxylation is 1. The van der Waals surface area contributed by atoms with E-state index in [-0.39, 0.29) is 18.4 Å². The van der Waals surface area contributed by atoms with E-state index in [4.69, 9.17) is 4.74 Å². The summed E-state index contributed by atoms with van der Waals surface area (Å²) in [6.07, 6.45) is 1.77. The van der Waals surface area contributed by atoms with Crippen molar-refractivity contribution in [1.82, 2.24) is 9.88 Å². The quantitative estimate of drug-likeness (QED) is 0.792. The van der Waals surface area contributed by atoms with Crippen LogP contribution in [0.2, 0.25) is 0 Å². The Hall–Kier alpha value is -3.09. The average Bonchev–Trinajstić information content (AvgIpc) is 2.72. The zero-order valence-electron chi connectivity index (χ0n) is 16.6. The Kier molecular flexibility index (Phi) is 6.13. The summed E-state index contributed by atoms with van der Waals surface area (Å²) in [5, 5.41) is 0. The van der Waals surface area contributed by atoms with Gasteiger partial charge < -0.3 is 14.5 Å². The van der Waals surface area contributed by atoms with Crippen LogP contribution in [0.1, 0.15) is 12.5 Å². The number of amides is 2. The molecule has 0 aliphatic carbocycles. The van der Waals surface area contributed by atoms with Gasteiger partial charge in [0.05, 0.1) is 12.8 Å². The van der Waals surface area contributed by atoms with Crippen molar-refractivity contribution in [2.24, 2.45) is 0 Å². The molecule has 0 spiro atoms. The number of aromatic nitrogens is 1. The fraction of sp³-hybridized carbons (Fsp3) is 0.381. The van der Waals surface area contributed by atoms with Crippen LogP contribution in [0.25, 0.3) is 0 Å². The van der Waals surface area contributed by atoms with Crippen molar-refractivity contribution in [3.8, 4) is 5.75 Å². The van der Waals surface area contributed by atoms with Gasteiger partial charge in [-0.15, -0.1) is 0 Å². The second-order valence-electron chi connectivity index (χ2n) is 6.84. The van der Waals surface area contributed by atoms with Gasteiger partial charge in [0.1, 0.15) is 18.1 Å².